The summed E-state index contributed by atoms with van der Waals surface area (Å²) >= 11 is 1.46. The van der Waals surface area contributed by atoms with Gasteiger partial charge in [-0.05, 0) is 74.3 Å². The maximum Gasteiger partial charge on any atom is 0.406 e. The van der Waals surface area contributed by atoms with Crippen LogP contribution in [0.15, 0.2) is 47.4 Å². The fraction of sp³-hybridized carbons (Fsp3) is 0.485. The summed E-state index contributed by atoms with van der Waals surface area (Å²) in [5.74, 6) is 5.37. The number of thioether (sulfide) groups is 1. The third-order valence-corrected chi connectivity index (χ3v) is 9.78. The quantitative estimate of drug-likeness (QED) is 0.245. The van der Waals surface area contributed by atoms with Gasteiger partial charge in [0.1, 0.15) is 12.3 Å². The van der Waals surface area contributed by atoms with E-state index in [4.69, 9.17) is 4.74 Å². The Morgan fingerprint density at radius 2 is 1.91 bits per heavy atom. The molecule has 0 radical (unpaired) electrons. The van der Waals surface area contributed by atoms with Crippen LogP contribution in [0.25, 0.3) is 10.9 Å². The van der Waals surface area contributed by atoms with Crippen LogP contribution in [0.5, 0.6) is 5.75 Å². The van der Waals surface area contributed by atoms with Gasteiger partial charge in [-0.25, -0.2) is 0 Å². The van der Waals surface area contributed by atoms with Gasteiger partial charge in [-0.2, -0.15) is 13.2 Å². The van der Waals surface area contributed by atoms with Crippen molar-refractivity contribution in [2.45, 2.75) is 62.3 Å². The number of rotatable bonds is 7. The Hall–Kier alpha value is -3.33. The second-order valence-corrected chi connectivity index (χ2v) is 13.2. The molecule has 2 aliphatic heterocycles. The number of fused-ring (bicyclic) bond motifs is 1. The number of alkyl halides is 3. The van der Waals surface area contributed by atoms with E-state index in [1.54, 1.807) is 36.4 Å². The van der Waals surface area contributed by atoms with E-state index in [-0.39, 0.29) is 29.9 Å². The molecule has 2 aromatic carbocycles. The molecule has 2 saturated heterocycles. The monoisotopic (exact) mass is 626 g/mol. The zero-order valence-corrected chi connectivity index (χ0v) is 25.7. The molecule has 11 heteroatoms. The van der Waals surface area contributed by atoms with E-state index in [1.807, 2.05) is 12.3 Å². The molecule has 44 heavy (non-hydrogen) atoms. The highest BCUT2D eigenvalue weighted by Crippen LogP contribution is 2.41. The minimum Gasteiger partial charge on any atom is -0.506 e. The number of hydrogen-bond donors (Lipinski definition) is 2. The number of aromatic hydroxyl groups is 1. The lowest BCUT2D eigenvalue weighted by Crippen LogP contribution is -2.68. The lowest BCUT2D eigenvalue weighted by atomic mass is 9.75. The number of hydrogen-bond acceptors (Lipinski definition) is 6. The first-order chi connectivity index (χ1) is 21.0. The van der Waals surface area contributed by atoms with Crippen molar-refractivity contribution >= 4 is 39.9 Å². The van der Waals surface area contributed by atoms with Gasteiger partial charge in [0.25, 0.3) is 0 Å². The summed E-state index contributed by atoms with van der Waals surface area (Å²) in [6, 6.07) is 12.9. The van der Waals surface area contributed by atoms with Crippen molar-refractivity contribution in [2.75, 3.05) is 49.3 Å². The molecule has 1 saturated carbocycles. The molecule has 3 heterocycles. The molecule has 3 aliphatic rings. The topological polar surface area (TPSA) is 70.0 Å². The first-order valence-corrected chi connectivity index (χ1v) is 16.2. The van der Waals surface area contributed by atoms with Crippen LogP contribution in [0.4, 0.5) is 24.5 Å². The molecule has 1 amide bonds. The summed E-state index contributed by atoms with van der Waals surface area (Å²) in [5, 5.41) is 14.8. The van der Waals surface area contributed by atoms with E-state index in [0.29, 0.717) is 28.0 Å². The van der Waals surface area contributed by atoms with Crippen LogP contribution >= 0.6 is 11.8 Å². The van der Waals surface area contributed by atoms with E-state index < -0.39 is 12.7 Å². The van der Waals surface area contributed by atoms with Crippen LogP contribution in [0, 0.1) is 17.3 Å². The maximum absolute atomic E-state index is 13.7. The van der Waals surface area contributed by atoms with Gasteiger partial charge in [-0.15, -0.1) is 11.8 Å². The Kier molecular flexibility index (Phi) is 8.52. The van der Waals surface area contributed by atoms with Crippen molar-refractivity contribution in [3.05, 3.63) is 48.2 Å². The number of amides is 1. The Morgan fingerprint density at radius 3 is 2.52 bits per heavy atom. The van der Waals surface area contributed by atoms with Crippen LogP contribution in [-0.4, -0.2) is 77.8 Å². The fourth-order valence-electron chi connectivity index (χ4n) is 6.75. The summed E-state index contributed by atoms with van der Waals surface area (Å²) in [7, 11) is 0. The second-order valence-electron chi connectivity index (χ2n) is 12.3. The standard InChI is InChI=1S/C33H37F3N4O3S/c1-22(41)39(30-13-12-26(44-2)16-31(30)42)14-4-5-25-15-27-28(6-3-7-29(27)40(25)19-33(34,35)36)37-23-8-10-24(11-9-23)38-17-32(18-38)20-43-21-32/h3,6-7,12-13,15-16,23-24,37,42H,8-11,14,17-21H2,1-2H3. The highest BCUT2D eigenvalue weighted by molar-refractivity contribution is 7.98. The smallest absolute Gasteiger partial charge is 0.406 e. The van der Waals surface area contributed by atoms with Crippen molar-refractivity contribution in [1.82, 2.24) is 9.47 Å². The summed E-state index contributed by atoms with van der Waals surface area (Å²) in [5.41, 5.74) is 2.17. The van der Waals surface area contributed by atoms with Crippen molar-refractivity contribution in [2.24, 2.45) is 5.41 Å². The molecule has 2 N–H and O–H groups in total. The van der Waals surface area contributed by atoms with Crippen LogP contribution in [0.1, 0.15) is 38.3 Å². The summed E-state index contributed by atoms with van der Waals surface area (Å²) in [4.78, 5) is 17.1. The molecule has 1 spiro atoms. The van der Waals surface area contributed by atoms with E-state index in [9.17, 15) is 23.1 Å². The number of halogens is 3. The Morgan fingerprint density at radius 1 is 1.16 bits per heavy atom. The molecule has 6 rings (SSSR count). The number of anilines is 2. The number of aromatic nitrogens is 1. The average Bonchev–Trinajstić information content (AvgIpc) is 3.27. The van der Waals surface area contributed by atoms with Gasteiger partial charge >= 0.3 is 6.18 Å². The van der Waals surface area contributed by atoms with Gasteiger partial charge < -0.3 is 19.7 Å². The molecule has 234 valence electrons. The van der Waals surface area contributed by atoms with Gasteiger partial charge in [-0.3, -0.25) is 14.6 Å². The number of phenolic OH excluding ortho intramolecular Hbond substituents is 1. The molecule has 3 aromatic rings. The third-order valence-electron chi connectivity index (χ3n) is 9.06. The van der Waals surface area contributed by atoms with Crippen molar-refractivity contribution in [3.63, 3.8) is 0 Å². The van der Waals surface area contributed by atoms with Gasteiger partial charge in [-0.1, -0.05) is 12.0 Å². The first kappa shape index (κ1) is 30.7. The molecule has 0 atom stereocenters. The van der Waals surface area contributed by atoms with Crippen molar-refractivity contribution in [1.29, 1.82) is 0 Å². The lowest BCUT2D eigenvalue weighted by Gasteiger charge is -2.58. The number of carbonyl (C=O) groups is 1. The van der Waals surface area contributed by atoms with E-state index in [0.717, 1.165) is 62.6 Å². The molecular formula is C33H37F3N4O3S. The lowest BCUT2D eigenvalue weighted by molar-refractivity contribution is -0.200. The fourth-order valence-corrected chi connectivity index (χ4v) is 7.18. The van der Waals surface area contributed by atoms with Gasteiger partial charge in [0.2, 0.25) is 5.91 Å². The Bertz CT molecular complexity index is 1590. The van der Waals surface area contributed by atoms with Gasteiger partial charge in [0, 0.05) is 53.5 Å². The van der Waals surface area contributed by atoms with Gasteiger partial charge in [0.15, 0.2) is 0 Å². The highest BCUT2D eigenvalue weighted by Gasteiger charge is 2.50. The molecule has 0 unspecified atom stereocenters. The predicted octanol–water partition coefficient (Wildman–Crippen LogP) is 6.09. The Labute approximate surface area is 259 Å². The minimum atomic E-state index is -4.44. The summed E-state index contributed by atoms with van der Waals surface area (Å²) in [6.07, 6.45) is 1.63. The molecule has 1 aromatic heterocycles. The van der Waals surface area contributed by atoms with E-state index in [1.165, 1.54) is 28.2 Å². The van der Waals surface area contributed by atoms with Crippen LogP contribution in [0.3, 0.4) is 0 Å². The molecule has 7 nitrogen and oxygen atoms in total. The number of phenols is 1. The van der Waals surface area contributed by atoms with Crippen LogP contribution < -0.4 is 10.2 Å². The van der Waals surface area contributed by atoms with Crippen LogP contribution in [0.2, 0.25) is 0 Å². The predicted molar refractivity (Wildman–Crippen MR) is 167 cm³/mol. The molecule has 3 fully saturated rings. The van der Waals surface area contributed by atoms with Crippen molar-refractivity contribution < 1.29 is 27.8 Å². The number of carbonyl (C=O) groups excluding carboxylic acids is 1. The van der Waals surface area contributed by atoms with Gasteiger partial charge in [0.05, 0.1) is 36.7 Å². The Balaban J connectivity index is 1.20. The molecular weight excluding hydrogens is 589 g/mol. The number of nitrogens with zero attached hydrogens (tertiary/aromatic N) is 3. The normalized spacial score (nSPS) is 21.3. The third kappa shape index (κ3) is 6.39. The number of benzene rings is 2. The SMILES string of the molecule is CSc1ccc(N(CC#Cc2cc3c(NC4CCC(N5CC6(COC6)C5)CC4)cccc3n2CC(F)(F)F)C(C)=O)c(O)c1. The van der Waals surface area contributed by atoms with E-state index >= 15 is 0 Å². The second kappa shape index (κ2) is 12.2. The number of nitrogens with one attached hydrogen (secondary N) is 1. The number of ether oxygens (including phenoxy) is 1. The van der Waals surface area contributed by atoms with Crippen molar-refractivity contribution in [3.8, 4) is 17.6 Å². The molecule has 0 bridgehead atoms. The average molecular weight is 627 g/mol. The maximum atomic E-state index is 13.7. The highest BCUT2D eigenvalue weighted by atomic mass is 32.2. The summed E-state index contributed by atoms with van der Waals surface area (Å²) in [6.45, 7) is 4.12. The zero-order chi connectivity index (χ0) is 31.1. The van der Waals surface area contributed by atoms with E-state index in [2.05, 4.69) is 22.1 Å². The largest absolute Gasteiger partial charge is 0.506 e. The zero-order valence-electron chi connectivity index (χ0n) is 24.9. The van der Waals surface area contributed by atoms with Crippen LogP contribution in [-0.2, 0) is 16.1 Å². The summed E-state index contributed by atoms with van der Waals surface area (Å²) < 4.78 is 47.7. The minimum absolute atomic E-state index is 0.0634. The number of likely N-dealkylation sites (tertiary alicyclic amines) is 1. The first-order valence-electron chi connectivity index (χ1n) is 15.0. The molecule has 1 aliphatic carbocycles.